The third-order valence-corrected chi connectivity index (χ3v) is 5.25. The van der Waals surface area contributed by atoms with Gasteiger partial charge in [0.05, 0.1) is 29.3 Å². The lowest BCUT2D eigenvalue weighted by molar-refractivity contribution is -0.142. The zero-order valence-corrected chi connectivity index (χ0v) is 15.5. The van der Waals surface area contributed by atoms with Crippen molar-refractivity contribution in [1.82, 2.24) is 9.55 Å². The van der Waals surface area contributed by atoms with Crippen LogP contribution in [-0.4, -0.2) is 27.4 Å². The van der Waals surface area contributed by atoms with Crippen LogP contribution in [0.15, 0.2) is 53.7 Å². The van der Waals surface area contributed by atoms with Gasteiger partial charge in [-0.3, -0.25) is 9.36 Å². The van der Waals surface area contributed by atoms with E-state index in [2.05, 4.69) is 6.07 Å². The van der Waals surface area contributed by atoms with Gasteiger partial charge in [-0.25, -0.2) is 4.98 Å². The summed E-state index contributed by atoms with van der Waals surface area (Å²) >= 11 is 1.41. The third-order valence-electron chi connectivity index (χ3n) is 3.95. The molecule has 0 fully saturated rings. The van der Waals surface area contributed by atoms with E-state index in [4.69, 9.17) is 15.0 Å². The quantitative estimate of drug-likeness (QED) is 0.480. The highest BCUT2D eigenvalue weighted by molar-refractivity contribution is 8.00. The molecule has 0 saturated heterocycles. The van der Waals surface area contributed by atoms with Crippen LogP contribution in [0.1, 0.15) is 25.8 Å². The number of carbonyl (C=O) groups is 1. The van der Waals surface area contributed by atoms with Crippen LogP contribution in [0.5, 0.6) is 0 Å². The van der Waals surface area contributed by atoms with Crippen LogP contribution in [0.3, 0.4) is 0 Å². The maximum Gasteiger partial charge on any atom is 0.319 e. The smallest absolute Gasteiger partial charge is 0.319 e. The number of thioether (sulfide) groups is 1. The predicted molar refractivity (Wildman–Crippen MR) is 102 cm³/mol. The molecule has 0 aliphatic rings. The summed E-state index contributed by atoms with van der Waals surface area (Å²) in [7, 11) is 0. The molecular formula is C20H19N3O2S. The van der Waals surface area contributed by atoms with Crippen molar-refractivity contribution in [3.63, 3.8) is 0 Å². The molecule has 3 rings (SSSR count). The summed E-state index contributed by atoms with van der Waals surface area (Å²) in [5.74, 6) is -0.224. The van der Waals surface area contributed by atoms with Gasteiger partial charge >= 0.3 is 5.97 Å². The number of imidazole rings is 1. The number of benzene rings is 2. The second-order valence-corrected chi connectivity index (χ2v) is 6.81. The normalized spacial score (nSPS) is 11.9. The molecule has 0 saturated carbocycles. The zero-order chi connectivity index (χ0) is 18.5. The second kappa shape index (κ2) is 8.07. The van der Waals surface area contributed by atoms with Gasteiger partial charge in [-0.2, -0.15) is 5.26 Å². The van der Waals surface area contributed by atoms with Crippen molar-refractivity contribution in [2.75, 3.05) is 6.61 Å². The monoisotopic (exact) mass is 365 g/mol. The fourth-order valence-electron chi connectivity index (χ4n) is 2.68. The number of nitrogens with zero attached hydrogens (tertiary/aromatic N) is 3. The molecular weight excluding hydrogens is 346 g/mol. The van der Waals surface area contributed by atoms with Crippen molar-refractivity contribution in [3.8, 4) is 11.8 Å². The molecule has 0 aliphatic heterocycles. The fraction of sp³-hybridized carbons (Fsp3) is 0.250. The molecule has 5 nitrogen and oxygen atoms in total. The number of ether oxygens (including phenoxy) is 1. The molecule has 6 heteroatoms. The van der Waals surface area contributed by atoms with Crippen LogP contribution >= 0.6 is 11.8 Å². The zero-order valence-electron chi connectivity index (χ0n) is 14.7. The van der Waals surface area contributed by atoms with E-state index in [1.807, 2.05) is 47.9 Å². The Bertz CT molecular complexity index is 957. The Balaban J connectivity index is 2.07. The Morgan fingerprint density at radius 3 is 2.62 bits per heavy atom. The molecule has 2 aromatic carbocycles. The van der Waals surface area contributed by atoms with E-state index < -0.39 is 0 Å². The van der Waals surface area contributed by atoms with Crippen LogP contribution in [-0.2, 0) is 9.53 Å². The average Bonchev–Trinajstić information content (AvgIpc) is 3.04. The van der Waals surface area contributed by atoms with Gasteiger partial charge in [0, 0.05) is 5.69 Å². The Labute approximate surface area is 156 Å². The summed E-state index contributed by atoms with van der Waals surface area (Å²) in [6.07, 6.45) is 0.653. The number of hydrogen-bond acceptors (Lipinski definition) is 5. The first-order chi connectivity index (χ1) is 12.7. The molecule has 132 valence electrons. The van der Waals surface area contributed by atoms with Gasteiger partial charge in [0.15, 0.2) is 5.16 Å². The van der Waals surface area contributed by atoms with Crippen molar-refractivity contribution < 1.29 is 9.53 Å². The highest BCUT2D eigenvalue weighted by Crippen LogP contribution is 2.32. The van der Waals surface area contributed by atoms with Crippen LogP contribution in [0, 0.1) is 11.3 Å². The third kappa shape index (κ3) is 3.58. The number of para-hydroxylation sites is 2. The van der Waals surface area contributed by atoms with Crippen molar-refractivity contribution in [3.05, 3.63) is 54.1 Å². The minimum absolute atomic E-state index is 0.224. The van der Waals surface area contributed by atoms with Crippen LogP contribution in [0.2, 0.25) is 0 Å². The van der Waals surface area contributed by atoms with E-state index in [0.29, 0.717) is 18.6 Å². The summed E-state index contributed by atoms with van der Waals surface area (Å²) in [5.41, 5.74) is 3.32. The van der Waals surface area contributed by atoms with E-state index in [1.165, 1.54) is 11.8 Å². The van der Waals surface area contributed by atoms with Crippen molar-refractivity contribution in [2.24, 2.45) is 0 Å². The molecule has 0 N–H and O–H groups in total. The maximum absolute atomic E-state index is 12.2. The minimum atomic E-state index is -0.316. The number of carbonyl (C=O) groups excluding carboxylic acids is 1. The largest absolute Gasteiger partial charge is 0.465 e. The maximum atomic E-state index is 12.2. The Hall–Kier alpha value is -2.78. The van der Waals surface area contributed by atoms with Gasteiger partial charge in [0.1, 0.15) is 5.25 Å². The summed E-state index contributed by atoms with van der Waals surface area (Å²) in [6, 6.07) is 17.3. The highest BCUT2D eigenvalue weighted by atomic mass is 32.2. The Morgan fingerprint density at radius 1 is 1.23 bits per heavy atom. The lowest BCUT2D eigenvalue weighted by Gasteiger charge is -2.14. The standard InChI is InChI=1S/C20H19N3O2S/c1-3-18(19(24)25-4-2)26-20-22-16-7-5-6-8-17(16)23(20)15-11-9-14(13-21)10-12-15/h5-12,18H,3-4H2,1-2H3. The molecule has 1 unspecified atom stereocenters. The lowest BCUT2D eigenvalue weighted by Crippen LogP contribution is -2.20. The van der Waals surface area contributed by atoms with Crippen LogP contribution in [0.25, 0.3) is 16.7 Å². The van der Waals surface area contributed by atoms with Gasteiger partial charge in [-0.1, -0.05) is 30.8 Å². The number of fused-ring (bicyclic) bond motifs is 1. The van der Waals surface area contributed by atoms with Gasteiger partial charge in [0.2, 0.25) is 0 Å². The summed E-state index contributed by atoms with van der Waals surface area (Å²) < 4.78 is 7.20. The SMILES string of the molecule is CCOC(=O)C(CC)Sc1nc2ccccc2n1-c1ccc(C#N)cc1. The van der Waals surface area contributed by atoms with Crippen molar-refractivity contribution in [1.29, 1.82) is 5.26 Å². The first kappa shape index (κ1) is 18.0. The predicted octanol–water partition coefficient (Wildman–Crippen LogP) is 4.33. The van der Waals surface area contributed by atoms with Crippen molar-refractivity contribution >= 4 is 28.8 Å². The summed E-state index contributed by atoms with van der Waals surface area (Å²) in [4.78, 5) is 16.9. The van der Waals surface area contributed by atoms with E-state index in [1.54, 1.807) is 19.1 Å². The Morgan fingerprint density at radius 2 is 1.96 bits per heavy atom. The molecule has 1 heterocycles. The highest BCUT2D eigenvalue weighted by Gasteiger charge is 2.23. The molecule has 0 aliphatic carbocycles. The molecule has 0 radical (unpaired) electrons. The summed E-state index contributed by atoms with van der Waals surface area (Å²) in [6.45, 7) is 4.13. The number of rotatable bonds is 6. The average molecular weight is 365 g/mol. The van der Waals surface area contributed by atoms with Crippen molar-refractivity contribution in [2.45, 2.75) is 30.7 Å². The van der Waals surface area contributed by atoms with Gasteiger partial charge < -0.3 is 4.74 Å². The lowest BCUT2D eigenvalue weighted by atomic mass is 10.2. The van der Waals surface area contributed by atoms with Gasteiger partial charge in [-0.05, 0) is 49.7 Å². The first-order valence-corrected chi connectivity index (χ1v) is 9.37. The number of aromatic nitrogens is 2. The number of nitriles is 1. The fourth-order valence-corrected chi connectivity index (χ4v) is 3.72. The molecule has 3 aromatic rings. The van der Waals surface area contributed by atoms with Crippen LogP contribution in [0.4, 0.5) is 0 Å². The summed E-state index contributed by atoms with van der Waals surface area (Å²) in [5, 5.41) is 9.44. The molecule has 1 aromatic heterocycles. The number of hydrogen-bond donors (Lipinski definition) is 0. The second-order valence-electron chi connectivity index (χ2n) is 5.64. The first-order valence-electron chi connectivity index (χ1n) is 8.49. The van der Waals surface area contributed by atoms with E-state index in [-0.39, 0.29) is 11.2 Å². The van der Waals surface area contributed by atoms with Crippen LogP contribution < -0.4 is 0 Å². The topological polar surface area (TPSA) is 67.9 Å². The van der Waals surface area contributed by atoms with E-state index in [0.717, 1.165) is 21.9 Å². The Kier molecular flexibility index (Phi) is 5.59. The molecule has 0 bridgehead atoms. The minimum Gasteiger partial charge on any atom is -0.465 e. The van der Waals surface area contributed by atoms with Gasteiger partial charge in [0.25, 0.3) is 0 Å². The molecule has 26 heavy (non-hydrogen) atoms. The molecule has 0 spiro atoms. The molecule has 0 amide bonds. The van der Waals surface area contributed by atoms with E-state index >= 15 is 0 Å². The van der Waals surface area contributed by atoms with Gasteiger partial charge in [-0.15, -0.1) is 0 Å². The van der Waals surface area contributed by atoms with E-state index in [9.17, 15) is 4.79 Å². The molecule has 1 atom stereocenters. The number of esters is 1.